The summed E-state index contributed by atoms with van der Waals surface area (Å²) < 4.78 is 5.23. The van der Waals surface area contributed by atoms with E-state index in [0.717, 1.165) is 22.2 Å². The molecule has 12 N–H and O–H groups in total. The van der Waals surface area contributed by atoms with Crippen molar-refractivity contribution in [2.75, 3.05) is 26.7 Å². The molecule has 2 rings (SSSR count). The van der Waals surface area contributed by atoms with Crippen molar-refractivity contribution in [3.63, 3.8) is 0 Å². The Morgan fingerprint density at radius 2 is 1.38 bits per heavy atom. The molecule has 1 aromatic heterocycles. The maximum Gasteiger partial charge on any atom is 0.313 e. The number of nitrogens with zero attached hydrogens (tertiary/aromatic N) is 2. The number of aliphatic imine (C=N–C) groups is 2. The zero-order valence-electron chi connectivity index (χ0n) is 30.4. The van der Waals surface area contributed by atoms with E-state index in [4.69, 9.17) is 33.4 Å². The molecule has 0 bridgehead atoms. The van der Waals surface area contributed by atoms with E-state index in [0.29, 0.717) is 45.2 Å². The highest BCUT2D eigenvalue weighted by atomic mass is 16.5. The molecule has 1 amide bonds. The summed E-state index contributed by atoms with van der Waals surface area (Å²) in [5.74, 6) is -0.866. The third-order valence-corrected chi connectivity index (χ3v) is 8.62. The molecule has 1 unspecified atom stereocenters. The van der Waals surface area contributed by atoms with Crippen LogP contribution in [0.25, 0.3) is 10.9 Å². The van der Waals surface area contributed by atoms with Crippen LogP contribution in [0, 0.1) is 5.41 Å². The second-order valence-electron chi connectivity index (χ2n) is 15.8. The van der Waals surface area contributed by atoms with Crippen LogP contribution in [0.3, 0.4) is 0 Å². The lowest BCUT2D eigenvalue weighted by Gasteiger charge is -2.32. The molecule has 0 aliphatic heterocycles. The van der Waals surface area contributed by atoms with Gasteiger partial charge in [0.2, 0.25) is 5.91 Å². The van der Waals surface area contributed by atoms with Gasteiger partial charge in [0.25, 0.3) is 0 Å². The minimum Gasteiger partial charge on any atom is -0.469 e. The van der Waals surface area contributed by atoms with Crippen LogP contribution in [0.2, 0.25) is 0 Å². The third-order valence-electron chi connectivity index (χ3n) is 8.62. The second kappa shape index (κ2) is 15.4. The van der Waals surface area contributed by atoms with Crippen LogP contribution in [0.15, 0.2) is 22.1 Å². The number of rotatable bonds is 14. The van der Waals surface area contributed by atoms with E-state index in [2.05, 4.69) is 94.7 Å². The van der Waals surface area contributed by atoms with Crippen molar-refractivity contribution >= 4 is 34.7 Å². The fourth-order valence-corrected chi connectivity index (χ4v) is 6.02. The number of guanidine groups is 2. The molecule has 264 valence electrons. The highest BCUT2D eigenvalue weighted by molar-refractivity contribution is 5.92. The normalized spacial score (nSPS) is 13.3. The molecule has 1 heterocycles. The highest BCUT2D eigenvalue weighted by Gasteiger charge is 2.40. The van der Waals surface area contributed by atoms with E-state index >= 15 is 0 Å². The Labute approximate surface area is 281 Å². The van der Waals surface area contributed by atoms with E-state index in [1.54, 1.807) is 0 Å². The highest BCUT2D eigenvalue weighted by Crippen LogP contribution is 2.41. The van der Waals surface area contributed by atoms with Crippen LogP contribution in [0.5, 0.6) is 0 Å². The summed E-state index contributed by atoms with van der Waals surface area (Å²) in [5, 5.41) is 4.10. The summed E-state index contributed by atoms with van der Waals surface area (Å²) in [4.78, 5) is 38.8. The monoisotopic (exact) mass is 655 g/mol. The number of hydrogen-bond donors (Lipinski definition) is 7. The van der Waals surface area contributed by atoms with Crippen LogP contribution in [-0.4, -0.2) is 61.6 Å². The Bertz CT molecular complexity index is 1420. The largest absolute Gasteiger partial charge is 0.469 e. The first-order valence-electron chi connectivity index (χ1n) is 16.5. The number of methoxy groups -OCH3 is 1. The Morgan fingerprint density at radius 3 is 1.81 bits per heavy atom. The first-order valence-corrected chi connectivity index (χ1v) is 16.5. The van der Waals surface area contributed by atoms with Crippen molar-refractivity contribution in [2.45, 2.75) is 117 Å². The summed E-state index contributed by atoms with van der Waals surface area (Å²) in [6.45, 7) is 20.4. The minimum atomic E-state index is -1.05. The number of amides is 1. The SMILES string of the molecule is COC(=O)C(CCCN=C(N)N)(CCCN=C(N)N)CNC(=O)C(N)Cc1c(C(C)(C)C)[nH]c2cc(C(C)(C)C)cc(C(C)(C)C)c12. The minimum absolute atomic E-state index is 0.0258. The predicted octanol–water partition coefficient (Wildman–Crippen LogP) is 3.31. The Balaban J connectivity index is 2.50. The van der Waals surface area contributed by atoms with Crippen LogP contribution in [-0.2, 0) is 37.0 Å². The molecular weight excluding hydrogens is 594 g/mol. The molecule has 0 fully saturated rings. The number of fused-ring (bicyclic) bond motifs is 1. The number of nitrogens with one attached hydrogen (secondary N) is 2. The molecule has 0 spiro atoms. The van der Waals surface area contributed by atoms with Crippen molar-refractivity contribution in [1.29, 1.82) is 0 Å². The van der Waals surface area contributed by atoms with E-state index in [9.17, 15) is 9.59 Å². The fraction of sp³-hybridized carbons (Fsp3) is 0.657. The number of benzene rings is 1. The number of aromatic nitrogens is 1. The van der Waals surface area contributed by atoms with Crippen molar-refractivity contribution in [2.24, 2.45) is 44.1 Å². The van der Waals surface area contributed by atoms with Gasteiger partial charge in [-0.15, -0.1) is 0 Å². The van der Waals surface area contributed by atoms with Gasteiger partial charge in [-0.2, -0.15) is 0 Å². The Hall–Kier alpha value is -3.80. The summed E-state index contributed by atoms with van der Waals surface area (Å²) in [5.41, 5.74) is 32.8. The predicted molar refractivity (Wildman–Crippen MR) is 193 cm³/mol. The van der Waals surface area contributed by atoms with Gasteiger partial charge in [-0.1, -0.05) is 68.4 Å². The molecule has 0 radical (unpaired) electrons. The quantitative estimate of drug-likeness (QED) is 0.0690. The Morgan fingerprint density at radius 1 is 0.851 bits per heavy atom. The lowest BCUT2D eigenvalue weighted by Crippen LogP contribution is -2.49. The maximum absolute atomic E-state index is 13.7. The molecule has 12 heteroatoms. The van der Waals surface area contributed by atoms with Crippen molar-refractivity contribution in [3.8, 4) is 0 Å². The standard InChI is InChI=1S/C35H61N9O3/c1-32(2,3)21-17-23(33(4,5)6)26-22(27(34(7,8)9)44-25(26)18-21)19-24(36)28(45)43-20-35(29(46)47-10,13-11-15-41-30(37)38)14-12-16-42-31(39)40/h17-18,24,44H,11-16,19-20,36H2,1-10H3,(H,43,45)(H4,37,38,41)(H4,39,40,42). The molecule has 47 heavy (non-hydrogen) atoms. The van der Waals surface area contributed by atoms with E-state index < -0.39 is 17.4 Å². The van der Waals surface area contributed by atoms with Gasteiger partial charge >= 0.3 is 5.97 Å². The second-order valence-corrected chi connectivity index (χ2v) is 15.8. The number of esters is 1. The van der Waals surface area contributed by atoms with E-state index in [1.807, 2.05) is 0 Å². The number of hydrogen-bond acceptors (Lipinski definition) is 6. The van der Waals surface area contributed by atoms with Gasteiger partial charge in [0.1, 0.15) is 0 Å². The summed E-state index contributed by atoms with van der Waals surface area (Å²) in [6, 6.07) is 3.65. The van der Waals surface area contributed by atoms with Gasteiger partial charge in [0.15, 0.2) is 11.9 Å². The zero-order chi connectivity index (χ0) is 36.0. The average molecular weight is 656 g/mol. The number of ether oxygens (including phenoxy) is 1. The molecule has 1 atom stereocenters. The van der Waals surface area contributed by atoms with Gasteiger partial charge in [0, 0.05) is 41.6 Å². The lowest BCUT2D eigenvalue weighted by molar-refractivity contribution is -0.154. The third kappa shape index (κ3) is 10.6. The molecule has 0 saturated heterocycles. The summed E-state index contributed by atoms with van der Waals surface area (Å²) in [6.07, 6.45) is 2.04. The molecule has 0 saturated carbocycles. The van der Waals surface area contributed by atoms with Crippen LogP contribution in [0.1, 0.15) is 110 Å². The van der Waals surface area contributed by atoms with Crippen LogP contribution in [0.4, 0.5) is 0 Å². The first kappa shape index (κ1) is 39.4. The molecule has 1 aromatic carbocycles. The van der Waals surface area contributed by atoms with E-state index in [1.165, 1.54) is 18.2 Å². The topological polar surface area (TPSA) is 226 Å². The van der Waals surface area contributed by atoms with Crippen molar-refractivity contribution in [3.05, 3.63) is 34.5 Å². The molecule has 0 aliphatic rings. The van der Waals surface area contributed by atoms with Gasteiger partial charge in [-0.3, -0.25) is 19.6 Å². The van der Waals surface area contributed by atoms with Crippen LogP contribution < -0.4 is 34.0 Å². The van der Waals surface area contributed by atoms with Gasteiger partial charge in [0.05, 0.1) is 18.6 Å². The summed E-state index contributed by atoms with van der Waals surface area (Å²) in [7, 11) is 1.33. The van der Waals surface area contributed by atoms with Gasteiger partial charge in [-0.25, -0.2) is 0 Å². The number of nitrogens with two attached hydrogens (primary N) is 5. The van der Waals surface area contributed by atoms with Crippen molar-refractivity contribution < 1.29 is 14.3 Å². The number of carbonyl (C=O) groups excluding carboxylic acids is 2. The van der Waals surface area contributed by atoms with Crippen LogP contribution >= 0.6 is 0 Å². The van der Waals surface area contributed by atoms with Crippen molar-refractivity contribution in [1.82, 2.24) is 10.3 Å². The average Bonchev–Trinajstić information content (AvgIpc) is 3.32. The lowest BCUT2D eigenvalue weighted by atomic mass is 9.77. The fourth-order valence-electron chi connectivity index (χ4n) is 6.02. The first-order chi connectivity index (χ1) is 21.5. The summed E-state index contributed by atoms with van der Waals surface area (Å²) >= 11 is 0. The maximum atomic E-state index is 13.7. The molecule has 12 nitrogen and oxygen atoms in total. The molecule has 0 aliphatic carbocycles. The number of H-pyrrole nitrogens is 1. The molecular formula is C35H61N9O3. The zero-order valence-corrected chi connectivity index (χ0v) is 30.4. The molecule has 2 aromatic rings. The number of carbonyl (C=O) groups is 2. The van der Waals surface area contributed by atoms with Gasteiger partial charge in [-0.05, 0) is 65.7 Å². The number of aromatic amines is 1. The van der Waals surface area contributed by atoms with E-state index in [-0.39, 0.29) is 40.6 Å². The smallest absolute Gasteiger partial charge is 0.313 e. The Kier molecular flexibility index (Phi) is 12.9. The van der Waals surface area contributed by atoms with Gasteiger partial charge < -0.3 is 43.7 Å².